The van der Waals surface area contributed by atoms with Crippen LogP contribution in [0, 0.1) is 5.82 Å². The highest BCUT2D eigenvalue weighted by Gasteiger charge is 2.15. The van der Waals surface area contributed by atoms with Crippen molar-refractivity contribution >= 4 is 11.5 Å². The first-order valence-corrected chi connectivity index (χ1v) is 6.93. The second kappa shape index (κ2) is 7.54. The highest BCUT2D eigenvalue weighted by molar-refractivity contribution is 5.60. The molecule has 0 radical (unpaired) electrons. The fourth-order valence-corrected chi connectivity index (χ4v) is 1.96. The summed E-state index contributed by atoms with van der Waals surface area (Å²) in [5.74, 6) is 0.654. The van der Waals surface area contributed by atoms with Crippen molar-refractivity contribution in [3.8, 4) is 5.88 Å². The Morgan fingerprint density at radius 1 is 1.29 bits per heavy atom. The lowest BCUT2D eigenvalue weighted by atomic mass is 10.2. The van der Waals surface area contributed by atoms with E-state index in [1.54, 1.807) is 29.3 Å². The zero-order chi connectivity index (χ0) is 15.1. The molecule has 0 saturated carbocycles. The Morgan fingerprint density at radius 3 is 2.81 bits per heavy atom. The van der Waals surface area contributed by atoms with E-state index in [1.807, 2.05) is 6.92 Å². The van der Waals surface area contributed by atoms with E-state index in [9.17, 15) is 4.39 Å². The second-order valence-corrected chi connectivity index (χ2v) is 4.39. The van der Waals surface area contributed by atoms with Gasteiger partial charge in [0.2, 0.25) is 5.88 Å². The van der Waals surface area contributed by atoms with Gasteiger partial charge in [0, 0.05) is 6.54 Å². The maximum absolute atomic E-state index is 14.0. The van der Waals surface area contributed by atoms with Crippen LogP contribution in [0.2, 0.25) is 0 Å². The monoisotopic (exact) mass is 290 g/mol. The van der Waals surface area contributed by atoms with E-state index in [2.05, 4.69) is 9.97 Å². The van der Waals surface area contributed by atoms with E-state index in [4.69, 9.17) is 10.5 Å². The first-order chi connectivity index (χ1) is 10.3. The fraction of sp³-hybridized carbons (Fsp3) is 0.333. The molecule has 0 saturated heterocycles. The Hall–Kier alpha value is -2.21. The lowest BCUT2D eigenvalue weighted by Crippen LogP contribution is -2.23. The number of ether oxygens (including phenoxy) is 1. The lowest BCUT2D eigenvalue weighted by molar-refractivity contribution is 0.325. The summed E-state index contributed by atoms with van der Waals surface area (Å²) in [7, 11) is 0. The number of anilines is 2. The van der Waals surface area contributed by atoms with Gasteiger partial charge in [-0.2, -0.15) is 4.98 Å². The van der Waals surface area contributed by atoms with Crippen LogP contribution in [0.25, 0.3) is 0 Å². The molecule has 2 N–H and O–H groups in total. The summed E-state index contributed by atoms with van der Waals surface area (Å²) < 4.78 is 19.4. The number of para-hydroxylation sites is 1. The summed E-state index contributed by atoms with van der Waals surface area (Å²) in [5.41, 5.74) is 6.02. The minimum atomic E-state index is -0.307. The van der Waals surface area contributed by atoms with Crippen molar-refractivity contribution in [1.29, 1.82) is 0 Å². The van der Waals surface area contributed by atoms with Crippen molar-refractivity contribution in [2.24, 2.45) is 5.73 Å². The highest BCUT2D eigenvalue weighted by atomic mass is 19.1. The van der Waals surface area contributed by atoms with Crippen LogP contribution in [0.3, 0.4) is 0 Å². The Bertz CT molecular complexity index is 579. The molecule has 0 spiro atoms. The van der Waals surface area contributed by atoms with Gasteiger partial charge in [0.25, 0.3) is 0 Å². The van der Waals surface area contributed by atoms with E-state index < -0.39 is 0 Å². The molecular weight excluding hydrogens is 271 g/mol. The third kappa shape index (κ3) is 3.88. The van der Waals surface area contributed by atoms with E-state index in [-0.39, 0.29) is 5.82 Å². The zero-order valence-electron chi connectivity index (χ0n) is 12.0. The number of nitrogens with two attached hydrogens (primary N) is 1. The van der Waals surface area contributed by atoms with Crippen LogP contribution in [-0.2, 0) is 0 Å². The van der Waals surface area contributed by atoms with Crippen LogP contribution >= 0.6 is 0 Å². The molecule has 0 unspecified atom stereocenters. The zero-order valence-corrected chi connectivity index (χ0v) is 12.0. The Balaban J connectivity index is 2.36. The number of benzene rings is 1. The minimum absolute atomic E-state index is 0.307. The number of halogens is 1. The minimum Gasteiger partial charge on any atom is -0.477 e. The molecule has 0 aliphatic carbocycles. The molecular formula is C15H19FN4O. The van der Waals surface area contributed by atoms with Gasteiger partial charge in [-0.25, -0.2) is 4.39 Å². The van der Waals surface area contributed by atoms with Crippen LogP contribution in [0.1, 0.15) is 13.3 Å². The largest absolute Gasteiger partial charge is 0.477 e. The molecule has 1 aromatic heterocycles. The smallest absolute Gasteiger partial charge is 0.234 e. The maximum atomic E-state index is 14.0. The molecule has 6 heteroatoms. The van der Waals surface area contributed by atoms with Crippen molar-refractivity contribution in [2.45, 2.75) is 13.3 Å². The Morgan fingerprint density at radius 2 is 2.10 bits per heavy atom. The van der Waals surface area contributed by atoms with Gasteiger partial charge in [-0.1, -0.05) is 12.1 Å². The van der Waals surface area contributed by atoms with Gasteiger partial charge in [-0.05, 0) is 32.0 Å². The summed E-state index contributed by atoms with van der Waals surface area (Å²) in [4.78, 5) is 10.2. The Labute approximate surface area is 123 Å². The molecule has 0 amide bonds. The predicted molar refractivity (Wildman–Crippen MR) is 80.3 cm³/mol. The van der Waals surface area contributed by atoms with Crippen molar-refractivity contribution in [3.05, 3.63) is 42.5 Å². The van der Waals surface area contributed by atoms with Gasteiger partial charge in [0.15, 0.2) is 5.82 Å². The van der Waals surface area contributed by atoms with E-state index in [0.717, 1.165) is 6.42 Å². The second-order valence-electron chi connectivity index (χ2n) is 4.39. The lowest BCUT2D eigenvalue weighted by Gasteiger charge is -2.24. The quantitative estimate of drug-likeness (QED) is 0.848. The van der Waals surface area contributed by atoms with Gasteiger partial charge in [-0.15, -0.1) is 0 Å². The van der Waals surface area contributed by atoms with Gasteiger partial charge < -0.3 is 15.4 Å². The molecule has 0 atom stereocenters. The van der Waals surface area contributed by atoms with Crippen LogP contribution in [-0.4, -0.2) is 29.7 Å². The van der Waals surface area contributed by atoms with E-state index in [0.29, 0.717) is 37.1 Å². The number of nitrogens with zero attached hydrogens (tertiary/aromatic N) is 3. The molecule has 1 heterocycles. The maximum Gasteiger partial charge on any atom is 0.234 e. The summed E-state index contributed by atoms with van der Waals surface area (Å²) in [5, 5.41) is 0. The van der Waals surface area contributed by atoms with Crippen LogP contribution in [0.4, 0.5) is 15.9 Å². The molecule has 2 rings (SSSR count). The fourth-order valence-electron chi connectivity index (χ4n) is 1.96. The van der Waals surface area contributed by atoms with Crippen molar-refractivity contribution < 1.29 is 9.13 Å². The molecule has 5 nitrogen and oxygen atoms in total. The molecule has 0 bridgehead atoms. The summed E-state index contributed by atoms with van der Waals surface area (Å²) in [6, 6.07) is 6.57. The molecule has 21 heavy (non-hydrogen) atoms. The molecule has 2 aromatic rings. The third-order valence-corrected chi connectivity index (χ3v) is 2.90. The standard InChI is InChI=1S/C15H19FN4O/c1-2-21-15-11-18-10-14(19-15)20(9-5-8-17)13-7-4-3-6-12(13)16/h3-4,6-7,10-11H,2,5,8-9,17H2,1H3. The average molecular weight is 290 g/mol. The van der Waals surface area contributed by atoms with Gasteiger partial charge in [0.1, 0.15) is 5.82 Å². The topological polar surface area (TPSA) is 64.3 Å². The summed E-state index contributed by atoms with van der Waals surface area (Å²) in [6.07, 6.45) is 3.84. The Kier molecular flexibility index (Phi) is 5.45. The first kappa shape index (κ1) is 15.2. The number of rotatable bonds is 7. The van der Waals surface area contributed by atoms with Crippen molar-refractivity contribution in [3.63, 3.8) is 0 Å². The number of aromatic nitrogens is 2. The number of hydrogen-bond acceptors (Lipinski definition) is 5. The van der Waals surface area contributed by atoms with Gasteiger partial charge in [0.05, 0.1) is 24.7 Å². The molecule has 0 fully saturated rings. The highest BCUT2D eigenvalue weighted by Crippen LogP contribution is 2.27. The van der Waals surface area contributed by atoms with Gasteiger partial charge in [-0.3, -0.25) is 4.98 Å². The molecule has 0 aliphatic heterocycles. The third-order valence-electron chi connectivity index (χ3n) is 2.90. The SMILES string of the molecule is CCOc1cncc(N(CCCN)c2ccccc2F)n1. The number of hydrogen-bond donors (Lipinski definition) is 1. The first-order valence-electron chi connectivity index (χ1n) is 6.93. The van der Waals surface area contributed by atoms with E-state index >= 15 is 0 Å². The summed E-state index contributed by atoms with van der Waals surface area (Å²) in [6.45, 7) is 3.45. The van der Waals surface area contributed by atoms with Crippen LogP contribution in [0.15, 0.2) is 36.7 Å². The van der Waals surface area contributed by atoms with Crippen LogP contribution in [0.5, 0.6) is 5.88 Å². The normalized spacial score (nSPS) is 10.4. The van der Waals surface area contributed by atoms with Crippen molar-refractivity contribution in [2.75, 3.05) is 24.6 Å². The molecule has 112 valence electrons. The van der Waals surface area contributed by atoms with Gasteiger partial charge >= 0.3 is 0 Å². The molecule has 0 aliphatic rings. The molecule has 1 aromatic carbocycles. The predicted octanol–water partition coefficient (Wildman–Crippen LogP) is 2.50. The van der Waals surface area contributed by atoms with Crippen molar-refractivity contribution in [1.82, 2.24) is 9.97 Å². The van der Waals surface area contributed by atoms with Crippen LogP contribution < -0.4 is 15.4 Å². The average Bonchev–Trinajstić information content (AvgIpc) is 2.50. The summed E-state index contributed by atoms with van der Waals surface area (Å²) >= 11 is 0. The van der Waals surface area contributed by atoms with E-state index in [1.165, 1.54) is 12.3 Å².